The first-order chi connectivity index (χ1) is 45.0. The van der Waals surface area contributed by atoms with Gasteiger partial charge >= 0.3 is 20.1 Å². The summed E-state index contributed by atoms with van der Waals surface area (Å²) in [6.45, 7) is 15.2. The Hall–Kier alpha value is -7.48. The summed E-state index contributed by atoms with van der Waals surface area (Å²) < 4.78 is 40.9. The molecular formula is C83H80IrN3S2Si. The summed E-state index contributed by atoms with van der Waals surface area (Å²) in [7, 11) is -1.74. The molecule has 0 aliphatic heterocycles. The van der Waals surface area contributed by atoms with Crippen molar-refractivity contribution in [1.29, 1.82) is 0 Å². The van der Waals surface area contributed by atoms with Gasteiger partial charge in [-0.15, -0.1) is 77.4 Å². The van der Waals surface area contributed by atoms with Crippen molar-refractivity contribution in [1.82, 2.24) is 15.0 Å². The number of aromatic nitrogens is 3. The molecular weight excluding hydrogens is 1320 g/mol. The number of benzene rings is 8. The van der Waals surface area contributed by atoms with E-state index in [1.54, 1.807) is 22.7 Å². The molecule has 0 unspecified atom stereocenters. The Kier molecular flexibility index (Phi) is 19.4. The second-order valence-electron chi connectivity index (χ2n) is 24.2. The average molecular weight is 1410 g/mol. The molecule has 5 aromatic heterocycles. The molecule has 0 N–H and O–H groups in total. The molecule has 5 heterocycles. The SMILES string of the molecule is [2H]C(CC)(CC)c1ccnc(-c2[c-]ccc3c2sc2cc(-c4ccccc4)ccc23)c1.[2H]C(CC)(CC)c1ccnc(-c2[c-]ccc3c2sc2cc(-c4ccccc4)ccc23)c1.[2H]C([2H])(c1cc(-c2[c-]cc(-c3ccccc3)cc2)ncc1[Si](C)(C)C)C1CCCCC1.[Ir+3]. The number of hydrogen-bond acceptors (Lipinski definition) is 5. The molecule has 0 saturated heterocycles. The van der Waals surface area contributed by atoms with Crippen LogP contribution in [-0.4, -0.2) is 23.0 Å². The van der Waals surface area contributed by atoms with E-state index in [0.717, 1.165) is 113 Å². The Morgan fingerprint density at radius 2 is 0.956 bits per heavy atom. The van der Waals surface area contributed by atoms with Gasteiger partial charge in [0.1, 0.15) is 0 Å². The monoisotopic (exact) mass is 1410 g/mol. The van der Waals surface area contributed by atoms with E-state index in [2.05, 4.69) is 209 Å². The number of rotatable bonds is 15. The third-order valence-electron chi connectivity index (χ3n) is 17.5. The maximum atomic E-state index is 9.14. The minimum Gasteiger partial charge on any atom is -0.305 e. The van der Waals surface area contributed by atoms with Crippen LogP contribution in [-0.2, 0) is 26.5 Å². The fourth-order valence-corrected chi connectivity index (χ4v) is 16.5. The number of pyridine rings is 3. The van der Waals surface area contributed by atoms with Crippen LogP contribution in [0.2, 0.25) is 19.6 Å². The van der Waals surface area contributed by atoms with E-state index in [1.807, 2.05) is 85.3 Å². The van der Waals surface area contributed by atoms with Gasteiger partial charge in [0.05, 0.1) is 8.07 Å². The molecule has 0 radical (unpaired) electrons. The van der Waals surface area contributed by atoms with Crippen LogP contribution in [0.15, 0.2) is 219 Å². The second kappa shape index (κ2) is 29.6. The van der Waals surface area contributed by atoms with Gasteiger partial charge in [-0.25, -0.2) is 0 Å². The van der Waals surface area contributed by atoms with Crippen LogP contribution >= 0.6 is 22.7 Å². The van der Waals surface area contributed by atoms with Crippen LogP contribution in [0, 0.1) is 24.1 Å². The largest absolute Gasteiger partial charge is 3.00 e. The molecule has 0 atom stereocenters. The molecule has 8 aromatic carbocycles. The van der Waals surface area contributed by atoms with Crippen LogP contribution in [0.1, 0.15) is 119 Å². The molecule has 1 saturated carbocycles. The van der Waals surface area contributed by atoms with Crippen molar-refractivity contribution in [3.05, 3.63) is 254 Å². The van der Waals surface area contributed by atoms with Crippen LogP contribution in [0.3, 0.4) is 0 Å². The van der Waals surface area contributed by atoms with E-state index in [4.69, 9.17) is 10.5 Å². The van der Waals surface area contributed by atoms with Gasteiger partial charge in [-0.3, -0.25) is 0 Å². The zero-order valence-electron chi connectivity index (χ0n) is 56.7. The first kappa shape index (κ1) is 58.9. The van der Waals surface area contributed by atoms with Gasteiger partial charge in [0.25, 0.3) is 0 Å². The zero-order valence-corrected chi connectivity index (χ0v) is 57.7. The van der Waals surface area contributed by atoms with Crippen molar-refractivity contribution >= 4 is 76.3 Å². The first-order valence-corrected chi connectivity index (χ1v) is 37.0. The molecule has 1 fully saturated rings. The van der Waals surface area contributed by atoms with Crippen molar-refractivity contribution < 1.29 is 25.6 Å². The van der Waals surface area contributed by atoms with E-state index in [1.165, 1.54) is 74.6 Å². The third kappa shape index (κ3) is 14.5. The van der Waals surface area contributed by atoms with Gasteiger partial charge in [-0.1, -0.05) is 251 Å². The van der Waals surface area contributed by atoms with Crippen molar-refractivity contribution in [3.8, 4) is 67.2 Å². The summed E-state index contributed by atoms with van der Waals surface area (Å²) in [5, 5.41) is 6.16. The molecule has 13 aromatic rings. The Morgan fingerprint density at radius 1 is 0.489 bits per heavy atom. The van der Waals surface area contributed by atoms with Crippen LogP contribution < -0.4 is 5.19 Å². The smallest absolute Gasteiger partial charge is 0.305 e. The predicted octanol–water partition coefficient (Wildman–Crippen LogP) is 23.9. The van der Waals surface area contributed by atoms with Gasteiger partial charge in [0, 0.05) is 33.5 Å². The second-order valence-corrected chi connectivity index (χ2v) is 31.4. The van der Waals surface area contributed by atoms with Gasteiger partial charge in [-0.05, 0) is 139 Å². The fraction of sp³-hybridized carbons (Fsp3) is 0.241. The number of hydrogen-bond donors (Lipinski definition) is 0. The molecule has 0 amide bonds. The average Bonchev–Trinajstić information content (AvgIpc) is 1.48. The summed E-state index contributed by atoms with van der Waals surface area (Å²) >= 11 is 3.60. The Bertz CT molecular complexity index is 4490. The maximum absolute atomic E-state index is 9.14. The topological polar surface area (TPSA) is 38.7 Å². The van der Waals surface area contributed by atoms with E-state index in [0.29, 0.717) is 0 Å². The summed E-state index contributed by atoms with van der Waals surface area (Å²) in [6.07, 6.45) is 12.9. The summed E-state index contributed by atoms with van der Waals surface area (Å²) in [4.78, 5) is 14.1. The molecule has 0 bridgehead atoms. The van der Waals surface area contributed by atoms with Gasteiger partial charge < -0.3 is 15.0 Å². The number of fused-ring (bicyclic) bond motifs is 6. The van der Waals surface area contributed by atoms with Crippen molar-refractivity contribution in [2.45, 2.75) is 123 Å². The Balaban J connectivity index is 0.000000143. The molecule has 1 aliphatic carbocycles. The zero-order chi connectivity index (χ0) is 64.9. The number of thiophene rings is 2. The van der Waals surface area contributed by atoms with E-state index in [9.17, 15) is 0 Å². The molecule has 14 rings (SSSR count). The van der Waals surface area contributed by atoms with Crippen LogP contribution in [0.25, 0.3) is 107 Å². The Morgan fingerprint density at radius 3 is 1.40 bits per heavy atom. The summed E-state index contributed by atoms with van der Waals surface area (Å²) in [6, 6.07) is 79.6. The minimum absolute atomic E-state index is 0. The molecule has 90 heavy (non-hydrogen) atoms. The summed E-state index contributed by atoms with van der Waals surface area (Å²) in [5.41, 5.74) is 15.7. The molecule has 452 valence electrons. The van der Waals surface area contributed by atoms with E-state index in [-0.39, 0.29) is 26.0 Å². The first-order valence-electron chi connectivity index (χ1n) is 33.9. The van der Waals surface area contributed by atoms with Gasteiger partial charge in [0.2, 0.25) is 0 Å². The normalized spacial score (nSPS) is 13.7. The third-order valence-corrected chi connectivity index (χ3v) is 21.9. The quantitative estimate of drug-likeness (QED) is 0.0758. The van der Waals surface area contributed by atoms with Crippen molar-refractivity contribution in [3.63, 3.8) is 0 Å². The van der Waals surface area contributed by atoms with E-state index >= 15 is 0 Å². The fourth-order valence-electron chi connectivity index (χ4n) is 12.6. The van der Waals surface area contributed by atoms with Crippen molar-refractivity contribution in [2.75, 3.05) is 0 Å². The predicted molar refractivity (Wildman–Crippen MR) is 388 cm³/mol. The standard InChI is InChI=1S/2C28H24NS.C27H32NSi.Ir/c2*1-3-19(4-2)22-15-16-29-26(17-22)25-12-8-11-24-23-14-13-21(18-27(23)30-28(24)25)20-9-6-5-7-10-20;1-29(2,3)27-20-28-26(19-25(27)18-21-10-6-4-7-11-21)24-16-14-23(15-17-24)22-12-8-5-9-13-22;/h2*5-11,13-19H,3-4H2,1-2H3;5,8-9,12-16,19-21H,4,6-7,10-11,18H2,1-3H3;/q3*-1;+3/i2*19D;18D2;. The van der Waals surface area contributed by atoms with Gasteiger partial charge in [-0.2, -0.15) is 22.7 Å². The van der Waals surface area contributed by atoms with E-state index < -0.39 is 26.2 Å². The molecule has 7 heteroatoms. The van der Waals surface area contributed by atoms with Crippen LogP contribution in [0.4, 0.5) is 0 Å². The summed E-state index contributed by atoms with van der Waals surface area (Å²) in [5.74, 6) is -1.05. The Labute approximate surface area is 562 Å². The molecule has 3 nitrogen and oxygen atoms in total. The molecule has 1 aliphatic rings. The molecule has 0 spiro atoms. The maximum Gasteiger partial charge on any atom is 3.00 e. The van der Waals surface area contributed by atoms with Crippen LogP contribution in [0.5, 0.6) is 0 Å². The minimum atomic E-state index is -1.74. The van der Waals surface area contributed by atoms with Crippen molar-refractivity contribution in [2.24, 2.45) is 5.92 Å². The number of nitrogens with zero attached hydrogens (tertiary/aromatic N) is 3. The van der Waals surface area contributed by atoms with Gasteiger partial charge in [0.15, 0.2) is 0 Å².